The molecule has 1 heterocycles. The monoisotopic (exact) mass is 298 g/mol. The summed E-state index contributed by atoms with van der Waals surface area (Å²) in [6.07, 6.45) is -1.05. The molecule has 0 saturated heterocycles. The summed E-state index contributed by atoms with van der Waals surface area (Å²) in [5.41, 5.74) is 0. The van der Waals surface area contributed by atoms with E-state index in [2.05, 4.69) is 31.0 Å². The number of nitrogens with one attached hydrogen (secondary N) is 1. The van der Waals surface area contributed by atoms with Crippen LogP contribution in [0.15, 0.2) is 16.7 Å². The van der Waals surface area contributed by atoms with E-state index >= 15 is 0 Å². The molecular formula is C9H10BrF3N2O. The topological polar surface area (TPSA) is 34.2 Å². The Labute approximate surface area is 99.1 Å². The van der Waals surface area contributed by atoms with Crippen molar-refractivity contribution in [2.75, 3.05) is 25.1 Å². The van der Waals surface area contributed by atoms with E-state index in [9.17, 15) is 13.2 Å². The van der Waals surface area contributed by atoms with Crippen LogP contribution < -0.4 is 5.32 Å². The van der Waals surface area contributed by atoms with Gasteiger partial charge in [-0.25, -0.2) is 18.2 Å². The van der Waals surface area contributed by atoms with E-state index in [0.717, 1.165) is 0 Å². The molecule has 0 amide bonds. The molecule has 1 N–H and O–H groups in total. The first-order valence-corrected chi connectivity index (χ1v) is 5.29. The first-order valence-electron chi connectivity index (χ1n) is 4.50. The van der Waals surface area contributed by atoms with Crippen LogP contribution in [0.4, 0.5) is 19.0 Å². The van der Waals surface area contributed by atoms with Crippen molar-refractivity contribution in [2.45, 2.75) is 6.43 Å². The van der Waals surface area contributed by atoms with Crippen molar-refractivity contribution in [3.8, 4) is 0 Å². The zero-order valence-electron chi connectivity index (χ0n) is 8.22. The van der Waals surface area contributed by atoms with E-state index in [4.69, 9.17) is 0 Å². The quantitative estimate of drug-likeness (QED) is 0.820. The predicted octanol–water partition coefficient (Wildman–Crippen LogP) is 2.68. The second kappa shape index (κ2) is 6.70. The summed E-state index contributed by atoms with van der Waals surface area (Å²) in [7, 11) is 0. The van der Waals surface area contributed by atoms with Gasteiger partial charge < -0.3 is 10.1 Å². The Bertz CT molecular complexity index is 339. The number of pyridine rings is 1. The lowest BCUT2D eigenvalue weighted by atomic mass is 10.4. The fourth-order valence-electron chi connectivity index (χ4n) is 0.959. The number of alkyl halides is 2. The lowest BCUT2D eigenvalue weighted by Gasteiger charge is -2.07. The summed E-state index contributed by atoms with van der Waals surface area (Å²) in [5.74, 6) is -0.438. The van der Waals surface area contributed by atoms with E-state index in [-0.39, 0.29) is 19.0 Å². The van der Waals surface area contributed by atoms with E-state index in [1.165, 1.54) is 12.3 Å². The molecule has 0 spiro atoms. The van der Waals surface area contributed by atoms with Crippen LogP contribution in [0.2, 0.25) is 0 Å². The molecule has 0 radical (unpaired) electrons. The van der Waals surface area contributed by atoms with Crippen LogP contribution in [0.5, 0.6) is 0 Å². The molecule has 1 aromatic heterocycles. The third-order valence-electron chi connectivity index (χ3n) is 1.59. The Balaban J connectivity index is 2.27. The Hall–Kier alpha value is -0.820. The molecule has 90 valence electrons. The van der Waals surface area contributed by atoms with Crippen molar-refractivity contribution in [1.82, 2.24) is 4.98 Å². The lowest BCUT2D eigenvalue weighted by Crippen LogP contribution is -2.14. The minimum atomic E-state index is -2.48. The van der Waals surface area contributed by atoms with Gasteiger partial charge in [0.15, 0.2) is 11.6 Å². The first-order chi connectivity index (χ1) is 7.59. The summed E-state index contributed by atoms with van der Waals surface area (Å²) in [4.78, 5) is 3.77. The van der Waals surface area contributed by atoms with Gasteiger partial charge in [0, 0.05) is 17.2 Å². The summed E-state index contributed by atoms with van der Waals surface area (Å²) >= 11 is 3.07. The SMILES string of the molecule is Fc1cc(Br)cnc1NCCOCC(F)F. The van der Waals surface area contributed by atoms with Crippen molar-refractivity contribution in [3.05, 3.63) is 22.6 Å². The molecule has 0 atom stereocenters. The van der Waals surface area contributed by atoms with Crippen LogP contribution in [0, 0.1) is 5.82 Å². The van der Waals surface area contributed by atoms with Crippen molar-refractivity contribution in [1.29, 1.82) is 0 Å². The summed E-state index contributed by atoms with van der Waals surface area (Å²) in [6, 6.07) is 1.26. The molecule has 1 aromatic rings. The Morgan fingerprint density at radius 1 is 1.50 bits per heavy atom. The van der Waals surface area contributed by atoms with Gasteiger partial charge in [-0.05, 0) is 22.0 Å². The second-order valence-corrected chi connectivity index (χ2v) is 3.79. The highest BCUT2D eigenvalue weighted by Crippen LogP contribution is 2.15. The average molecular weight is 299 g/mol. The Morgan fingerprint density at radius 3 is 2.88 bits per heavy atom. The normalized spacial score (nSPS) is 10.8. The molecule has 16 heavy (non-hydrogen) atoms. The molecule has 0 aliphatic carbocycles. The summed E-state index contributed by atoms with van der Waals surface area (Å²) in [5, 5.41) is 2.64. The highest BCUT2D eigenvalue weighted by atomic mass is 79.9. The van der Waals surface area contributed by atoms with E-state index in [0.29, 0.717) is 4.47 Å². The molecule has 0 aliphatic rings. The zero-order valence-corrected chi connectivity index (χ0v) is 9.81. The van der Waals surface area contributed by atoms with Gasteiger partial charge >= 0.3 is 0 Å². The standard InChI is InChI=1S/C9H10BrF3N2O/c10-6-3-7(11)9(15-4-6)14-1-2-16-5-8(12)13/h3-4,8H,1-2,5H2,(H,14,15). The Morgan fingerprint density at radius 2 is 2.25 bits per heavy atom. The molecule has 1 rings (SSSR count). The molecule has 0 aliphatic heterocycles. The summed E-state index contributed by atoms with van der Waals surface area (Å²) < 4.78 is 41.7. The van der Waals surface area contributed by atoms with Crippen molar-refractivity contribution >= 4 is 21.7 Å². The van der Waals surface area contributed by atoms with Gasteiger partial charge in [-0.1, -0.05) is 0 Å². The Kier molecular flexibility index (Phi) is 5.54. The molecule has 0 saturated carbocycles. The molecule has 0 bridgehead atoms. The van der Waals surface area contributed by atoms with Gasteiger partial charge in [0.05, 0.1) is 6.61 Å². The minimum absolute atomic E-state index is 0.0710. The van der Waals surface area contributed by atoms with Crippen molar-refractivity contribution in [3.63, 3.8) is 0 Å². The highest BCUT2D eigenvalue weighted by Gasteiger charge is 2.04. The fourth-order valence-corrected chi connectivity index (χ4v) is 1.26. The third kappa shape index (κ3) is 4.80. The number of aromatic nitrogens is 1. The molecule has 0 unspecified atom stereocenters. The summed E-state index contributed by atoms with van der Waals surface area (Å²) in [6.45, 7) is -0.322. The average Bonchev–Trinajstić information content (AvgIpc) is 2.20. The molecule has 7 heteroatoms. The number of rotatable bonds is 6. The van der Waals surface area contributed by atoms with Gasteiger partial charge in [-0.2, -0.15) is 0 Å². The number of anilines is 1. The zero-order chi connectivity index (χ0) is 12.0. The molecule has 3 nitrogen and oxygen atoms in total. The van der Waals surface area contributed by atoms with Crippen LogP contribution in [0.3, 0.4) is 0 Å². The van der Waals surface area contributed by atoms with E-state index in [1.807, 2.05) is 0 Å². The van der Waals surface area contributed by atoms with Gasteiger partial charge in [0.25, 0.3) is 6.43 Å². The van der Waals surface area contributed by atoms with Crippen molar-refractivity contribution in [2.24, 2.45) is 0 Å². The molecule has 0 aromatic carbocycles. The largest absolute Gasteiger partial charge is 0.374 e. The van der Waals surface area contributed by atoms with Crippen LogP contribution in [-0.2, 0) is 4.74 Å². The first kappa shape index (κ1) is 13.2. The van der Waals surface area contributed by atoms with Crippen LogP contribution in [-0.4, -0.2) is 31.2 Å². The smallest absolute Gasteiger partial charge is 0.261 e. The maximum atomic E-state index is 13.2. The van der Waals surface area contributed by atoms with Gasteiger partial charge in [-0.3, -0.25) is 0 Å². The number of hydrogen-bond acceptors (Lipinski definition) is 3. The minimum Gasteiger partial charge on any atom is -0.374 e. The van der Waals surface area contributed by atoms with Gasteiger partial charge in [-0.15, -0.1) is 0 Å². The number of nitrogens with zero attached hydrogens (tertiary/aromatic N) is 1. The van der Waals surface area contributed by atoms with Crippen molar-refractivity contribution < 1.29 is 17.9 Å². The number of hydrogen-bond donors (Lipinski definition) is 1. The van der Waals surface area contributed by atoms with Crippen LogP contribution >= 0.6 is 15.9 Å². The maximum absolute atomic E-state index is 13.2. The third-order valence-corrected chi connectivity index (χ3v) is 2.02. The predicted molar refractivity (Wildman–Crippen MR) is 57.2 cm³/mol. The highest BCUT2D eigenvalue weighted by molar-refractivity contribution is 9.10. The number of halogens is 4. The molecular weight excluding hydrogens is 289 g/mol. The number of ether oxygens (including phenoxy) is 1. The van der Waals surface area contributed by atoms with Crippen LogP contribution in [0.1, 0.15) is 0 Å². The van der Waals surface area contributed by atoms with E-state index < -0.39 is 18.8 Å². The lowest BCUT2D eigenvalue weighted by molar-refractivity contribution is 0.0214. The fraction of sp³-hybridized carbons (Fsp3) is 0.444. The second-order valence-electron chi connectivity index (χ2n) is 2.88. The maximum Gasteiger partial charge on any atom is 0.261 e. The van der Waals surface area contributed by atoms with Gasteiger partial charge in [0.2, 0.25) is 0 Å². The van der Waals surface area contributed by atoms with Gasteiger partial charge in [0.1, 0.15) is 6.61 Å². The molecule has 0 fully saturated rings. The van der Waals surface area contributed by atoms with E-state index in [1.54, 1.807) is 0 Å². The van der Waals surface area contributed by atoms with Crippen LogP contribution in [0.25, 0.3) is 0 Å².